The van der Waals surface area contributed by atoms with Crippen LogP contribution in [0.25, 0.3) is 10.8 Å². The van der Waals surface area contributed by atoms with Gasteiger partial charge < -0.3 is 15.4 Å². The highest BCUT2D eigenvalue weighted by Crippen LogP contribution is 2.37. The monoisotopic (exact) mass is 518 g/mol. The Morgan fingerprint density at radius 3 is 2.03 bits per heavy atom. The summed E-state index contributed by atoms with van der Waals surface area (Å²) in [6.07, 6.45) is 0. The van der Waals surface area contributed by atoms with Crippen molar-refractivity contribution in [2.24, 2.45) is 0 Å². The zero-order valence-electron chi connectivity index (χ0n) is 20.5. The number of carbonyl (C=O) groups is 2. The van der Waals surface area contributed by atoms with Gasteiger partial charge in [-0.3, -0.25) is 9.59 Å². The Hall–Kier alpha value is -4.55. The first-order chi connectivity index (χ1) is 18.6. The Morgan fingerprint density at radius 1 is 0.658 bits per heavy atom. The quantitative estimate of drug-likeness (QED) is 0.201. The highest BCUT2D eigenvalue weighted by Gasteiger charge is 2.22. The number of nitrogens with one attached hydrogen (secondary N) is 2. The maximum Gasteiger partial charge on any atom is 0.262 e. The summed E-state index contributed by atoms with van der Waals surface area (Å²) in [7, 11) is 0. The number of amides is 2. The van der Waals surface area contributed by atoms with Gasteiger partial charge in [-0.15, -0.1) is 11.8 Å². The van der Waals surface area contributed by atoms with Crippen LogP contribution in [0.4, 0.5) is 11.4 Å². The van der Waals surface area contributed by atoms with Gasteiger partial charge in [0.15, 0.2) is 6.61 Å². The smallest absolute Gasteiger partial charge is 0.262 e. The van der Waals surface area contributed by atoms with E-state index in [1.807, 2.05) is 115 Å². The van der Waals surface area contributed by atoms with Crippen LogP contribution in [0.5, 0.6) is 5.75 Å². The molecule has 0 heterocycles. The Balaban J connectivity index is 1.25. The number of rotatable bonds is 9. The van der Waals surface area contributed by atoms with Crippen molar-refractivity contribution in [3.63, 3.8) is 0 Å². The van der Waals surface area contributed by atoms with Crippen LogP contribution in [0.3, 0.4) is 0 Å². The average molecular weight is 519 g/mol. The van der Waals surface area contributed by atoms with E-state index < -0.39 is 5.25 Å². The Labute approximate surface area is 225 Å². The van der Waals surface area contributed by atoms with Gasteiger partial charge in [-0.25, -0.2) is 0 Å². The van der Waals surface area contributed by atoms with E-state index in [1.165, 1.54) is 11.8 Å². The van der Waals surface area contributed by atoms with E-state index in [0.717, 1.165) is 26.9 Å². The zero-order valence-corrected chi connectivity index (χ0v) is 21.4. The second kappa shape index (κ2) is 12.1. The second-order valence-electron chi connectivity index (χ2n) is 8.63. The van der Waals surface area contributed by atoms with E-state index in [2.05, 4.69) is 10.6 Å². The van der Waals surface area contributed by atoms with Gasteiger partial charge in [0, 0.05) is 16.3 Å². The predicted molar refractivity (Wildman–Crippen MR) is 155 cm³/mol. The van der Waals surface area contributed by atoms with E-state index in [0.29, 0.717) is 11.4 Å². The molecule has 1 atom stereocenters. The summed E-state index contributed by atoms with van der Waals surface area (Å²) >= 11 is 1.46. The first kappa shape index (κ1) is 25.1. The molecular weight excluding hydrogens is 492 g/mol. The van der Waals surface area contributed by atoms with Gasteiger partial charge in [0.1, 0.15) is 11.0 Å². The number of fused-ring (bicyclic) bond motifs is 1. The van der Waals surface area contributed by atoms with Crippen molar-refractivity contribution in [3.05, 3.63) is 133 Å². The molecule has 0 spiro atoms. The Morgan fingerprint density at radius 2 is 1.29 bits per heavy atom. The molecule has 0 bridgehead atoms. The predicted octanol–water partition coefficient (Wildman–Crippen LogP) is 7.33. The van der Waals surface area contributed by atoms with Crippen molar-refractivity contribution in [2.75, 3.05) is 17.2 Å². The van der Waals surface area contributed by atoms with Crippen LogP contribution in [0, 0.1) is 0 Å². The molecule has 1 unspecified atom stereocenters. The molecule has 5 aromatic carbocycles. The van der Waals surface area contributed by atoms with Gasteiger partial charge in [0.2, 0.25) is 5.91 Å². The lowest BCUT2D eigenvalue weighted by atomic mass is 10.1. The summed E-state index contributed by atoms with van der Waals surface area (Å²) in [5.41, 5.74) is 2.32. The lowest BCUT2D eigenvalue weighted by Crippen LogP contribution is -2.20. The first-order valence-corrected chi connectivity index (χ1v) is 13.1. The largest absolute Gasteiger partial charge is 0.484 e. The minimum atomic E-state index is -0.456. The molecule has 0 aliphatic carbocycles. The molecule has 0 aliphatic heterocycles. The fourth-order valence-corrected chi connectivity index (χ4v) is 5.02. The Kier molecular flexibility index (Phi) is 8.01. The number of hydrogen-bond donors (Lipinski definition) is 2. The normalized spacial score (nSPS) is 11.5. The maximum absolute atomic E-state index is 13.5. The SMILES string of the molecule is O=C(COc1ccccc1)Nc1ccc(SC(C(=O)Nc2ccc3ccccc3c2)c2ccccc2)cc1. The van der Waals surface area contributed by atoms with Crippen molar-refractivity contribution >= 4 is 45.7 Å². The average Bonchev–Trinajstić information content (AvgIpc) is 2.96. The summed E-state index contributed by atoms with van der Waals surface area (Å²) in [4.78, 5) is 26.6. The van der Waals surface area contributed by atoms with Crippen LogP contribution in [-0.4, -0.2) is 18.4 Å². The first-order valence-electron chi connectivity index (χ1n) is 12.2. The minimum absolute atomic E-state index is 0.0778. The highest BCUT2D eigenvalue weighted by atomic mass is 32.2. The molecular formula is C32H26N2O3S. The van der Waals surface area contributed by atoms with E-state index in [1.54, 1.807) is 12.1 Å². The van der Waals surface area contributed by atoms with E-state index in [9.17, 15) is 9.59 Å². The van der Waals surface area contributed by atoms with E-state index in [-0.39, 0.29) is 18.4 Å². The lowest BCUT2D eigenvalue weighted by Gasteiger charge is -2.18. The van der Waals surface area contributed by atoms with Gasteiger partial charge in [-0.1, -0.05) is 78.9 Å². The molecule has 0 saturated heterocycles. The molecule has 6 heteroatoms. The third kappa shape index (κ3) is 6.60. The number of para-hydroxylation sites is 1. The van der Waals surface area contributed by atoms with Crippen molar-refractivity contribution < 1.29 is 14.3 Å². The van der Waals surface area contributed by atoms with Gasteiger partial charge in [0.25, 0.3) is 5.91 Å². The fraction of sp³-hybridized carbons (Fsp3) is 0.0625. The standard InChI is InChI=1S/C32H26N2O3S/c35-30(22-37-28-13-5-2-6-14-28)33-26-17-19-29(20-18-26)38-31(24-10-3-1-4-11-24)32(36)34-27-16-15-23-9-7-8-12-25(23)21-27/h1-21,31H,22H2,(H,33,35)(H,34,36). The number of benzene rings is 5. The molecule has 0 radical (unpaired) electrons. The van der Waals surface area contributed by atoms with E-state index >= 15 is 0 Å². The van der Waals surface area contributed by atoms with Crippen LogP contribution >= 0.6 is 11.8 Å². The van der Waals surface area contributed by atoms with Gasteiger partial charge in [-0.2, -0.15) is 0 Å². The van der Waals surface area contributed by atoms with Crippen molar-refractivity contribution in [3.8, 4) is 5.75 Å². The molecule has 2 amide bonds. The highest BCUT2D eigenvalue weighted by molar-refractivity contribution is 8.00. The number of thioether (sulfide) groups is 1. The molecule has 0 aromatic heterocycles. The molecule has 2 N–H and O–H groups in total. The van der Waals surface area contributed by atoms with Crippen molar-refractivity contribution in [1.29, 1.82) is 0 Å². The second-order valence-corrected chi connectivity index (χ2v) is 9.81. The molecule has 5 nitrogen and oxygen atoms in total. The summed E-state index contributed by atoms with van der Waals surface area (Å²) in [6.45, 7) is -0.0778. The third-order valence-electron chi connectivity index (χ3n) is 5.86. The molecule has 5 aromatic rings. The van der Waals surface area contributed by atoms with Crippen LogP contribution in [0.2, 0.25) is 0 Å². The van der Waals surface area contributed by atoms with Crippen LogP contribution in [0.15, 0.2) is 132 Å². The van der Waals surface area contributed by atoms with Gasteiger partial charge in [0.05, 0.1) is 0 Å². The Bertz CT molecular complexity index is 1520. The summed E-state index contributed by atoms with van der Waals surface area (Å²) < 4.78 is 5.50. The van der Waals surface area contributed by atoms with Crippen LogP contribution in [-0.2, 0) is 9.59 Å². The van der Waals surface area contributed by atoms with Gasteiger partial charge in [-0.05, 0) is 64.9 Å². The number of carbonyl (C=O) groups excluding carboxylic acids is 2. The van der Waals surface area contributed by atoms with Crippen molar-refractivity contribution in [2.45, 2.75) is 10.1 Å². The zero-order chi connectivity index (χ0) is 26.2. The van der Waals surface area contributed by atoms with Crippen LogP contribution < -0.4 is 15.4 Å². The van der Waals surface area contributed by atoms with E-state index in [4.69, 9.17) is 4.74 Å². The molecule has 0 fully saturated rings. The molecule has 5 rings (SSSR count). The molecule has 38 heavy (non-hydrogen) atoms. The third-order valence-corrected chi connectivity index (χ3v) is 7.13. The fourth-order valence-electron chi connectivity index (χ4n) is 3.99. The number of anilines is 2. The topological polar surface area (TPSA) is 67.4 Å². The summed E-state index contributed by atoms with van der Waals surface area (Å²) in [5, 5.41) is 7.67. The maximum atomic E-state index is 13.5. The molecule has 0 saturated carbocycles. The van der Waals surface area contributed by atoms with Crippen molar-refractivity contribution in [1.82, 2.24) is 0 Å². The summed E-state index contributed by atoms with van der Waals surface area (Å²) in [5.74, 6) is 0.293. The van der Waals surface area contributed by atoms with Crippen LogP contribution in [0.1, 0.15) is 10.8 Å². The van der Waals surface area contributed by atoms with Gasteiger partial charge >= 0.3 is 0 Å². The minimum Gasteiger partial charge on any atom is -0.484 e. The molecule has 188 valence electrons. The lowest BCUT2D eigenvalue weighted by molar-refractivity contribution is -0.118. The number of ether oxygens (including phenoxy) is 1. The number of hydrogen-bond acceptors (Lipinski definition) is 4. The molecule has 0 aliphatic rings. The summed E-state index contributed by atoms with van der Waals surface area (Å²) in [6, 6.07) is 40.4.